The molecular weight excluding hydrogens is 212 g/mol. The van der Waals surface area contributed by atoms with Crippen LogP contribution >= 0.6 is 15.9 Å². The molecule has 0 bridgehead atoms. The quantitative estimate of drug-likeness (QED) is 0.487. The maximum absolute atomic E-state index is 10.6. The largest absolute Gasteiger partial charge is 0.453 e. The SMILES string of the molecule is O=C1COC[C@H](C=C=CBr)O1. The van der Waals surface area contributed by atoms with Gasteiger partial charge in [-0.2, -0.15) is 0 Å². The molecule has 1 atom stereocenters. The molecule has 0 aromatic rings. The Morgan fingerprint density at radius 2 is 2.55 bits per heavy atom. The van der Waals surface area contributed by atoms with Gasteiger partial charge in [0.05, 0.1) is 6.61 Å². The molecule has 0 aromatic carbocycles. The van der Waals surface area contributed by atoms with Crippen molar-refractivity contribution in [1.29, 1.82) is 0 Å². The van der Waals surface area contributed by atoms with Crippen LogP contribution in [-0.4, -0.2) is 25.3 Å². The Morgan fingerprint density at radius 1 is 1.73 bits per heavy atom. The zero-order chi connectivity index (χ0) is 8.10. The average Bonchev–Trinajstić information content (AvgIpc) is 2.01. The van der Waals surface area contributed by atoms with Gasteiger partial charge in [0.25, 0.3) is 0 Å². The molecule has 0 N–H and O–H groups in total. The fourth-order valence-electron chi connectivity index (χ4n) is 0.721. The van der Waals surface area contributed by atoms with Crippen LogP contribution in [0.2, 0.25) is 0 Å². The molecule has 0 aliphatic carbocycles. The van der Waals surface area contributed by atoms with Crippen molar-refractivity contribution in [2.24, 2.45) is 0 Å². The van der Waals surface area contributed by atoms with E-state index in [0.29, 0.717) is 6.61 Å². The van der Waals surface area contributed by atoms with Gasteiger partial charge >= 0.3 is 5.97 Å². The first-order valence-corrected chi connectivity index (χ1v) is 4.03. The standard InChI is InChI=1S/C7H7BrO3/c8-3-1-2-6-4-10-5-7(9)11-6/h2-3,6H,4-5H2/t1?,6-/m0/s1. The van der Waals surface area contributed by atoms with Crippen molar-refractivity contribution in [2.75, 3.05) is 13.2 Å². The second kappa shape index (κ2) is 4.34. The van der Waals surface area contributed by atoms with Gasteiger partial charge in [0.1, 0.15) is 6.61 Å². The molecular formula is C7H7BrO3. The number of ether oxygens (including phenoxy) is 2. The summed E-state index contributed by atoms with van der Waals surface area (Å²) in [5.74, 6) is -0.325. The van der Waals surface area contributed by atoms with E-state index < -0.39 is 0 Å². The summed E-state index contributed by atoms with van der Waals surface area (Å²) in [6.07, 6.45) is 1.34. The second-order valence-electron chi connectivity index (χ2n) is 1.99. The van der Waals surface area contributed by atoms with Crippen LogP contribution in [0.15, 0.2) is 16.8 Å². The van der Waals surface area contributed by atoms with Crippen LogP contribution in [0.25, 0.3) is 0 Å². The number of carbonyl (C=O) groups excluding carboxylic acids is 1. The molecule has 4 heteroatoms. The Morgan fingerprint density at radius 3 is 3.18 bits per heavy atom. The number of rotatable bonds is 1. The van der Waals surface area contributed by atoms with Crippen molar-refractivity contribution in [2.45, 2.75) is 6.10 Å². The lowest BCUT2D eigenvalue weighted by molar-refractivity contribution is -0.165. The van der Waals surface area contributed by atoms with Crippen LogP contribution in [0.1, 0.15) is 0 Å². The zero-order valence-electron chi connectivity index (χ0n) is 5.75. The summed E-state index contributed by atoms with van der Waals surface area (Å²) in [6.45, 7) is 0.474. The van der Waals surface area contributed by atoms with Crippen molar-refractivity contribution in [3.63, 3.8) is 0 Å². The Kier molecular flexibility index (Phi) is 3.36. The normalized spacial score (nSPS) is 23.4. The predicted molar refractivity (Wildman–Crippen MR) is 42.3 cm³/mol. The number of cyclic esters (lactones) is 1. The number of hydrogen-bond donors (Lipinski definition) is 0. The van der Waals surface area contributed by atoms with E-state index in [1.165, 1.54) is 0 Å². The van der Waals surface area contributed by atoms with E-state index in [1.54, 1.807) is 11.1 Å². The third-order valence-corrected chi connectivity index (χ3v) is 1.39. The highest BCUT2D eigenvalue weighted by Crippen LogP contribution is 2.02. The molecule has 3 nitrogen and oxygen atoms in total. The Balaban J connectivity index is 2.46. The van der Waals surface area contributed by atoms with Crippen LogP contribution in [-0.2, 0) is 14.3 Å². The van der Waals surface area contributed by atoms with Gasteiger partial charge in [-0.25, -0.2) is 4.79 Å². The summed E-state index contributed by atoms with van der Waals surface area (Å²) in [4.78, 5) is 12.2. The minimum Gasteiger partial charge on any atom is -0.453 e. The van der Waals surface area contributed by atoms with Gasteiger partial charge < -0.3 is 9.47 Å². The summed E-state index contributed by atoms with van der Waals surface area (Å²) in [6, 6.07) is 0. The highest BCUT2D eigenvalue weighted by Gasteiger charge is 2.17. The van der Waals surface area contributed by atoms with Crippen molar-refractivity contribution < 1.29 is 14.3 Å². The maximum Gasteiger partial charge on any atom is 0.332 e. The molecule has 0 unspecified atom stereocenters. The van der Waals surface area contributed by atoms with Gasteiger partial charge in [0.2, 0.25) is 0 Å². The van der Waals surface area contributed by atoms with E-state index >= 15 is 0 Å². The molecule has 0 amide bonds. The molecule has 1 rings (SSSR count). The number of esters is 1. The van der Waals surface area contributed by atoms with Crippen molar-refractivity contribution in [3.8, 4) is 0 Å². The molecule has 0 radical (unpaired) electrons. The van der Waals surface area contributed by atoms with Crippen LogP contribution < -0.4 is 0 Å². The summed E-state index contributed by atoms with van der Waals surface area (Å²) < 4.78 is 9.78. The summed E-state index contributed by atoms with van der Waals surface area (Å²) in [5.41, 5.74) is 2.75. The zero-order valence-corrected chi connectivity index (χ0v) is 7.33. The average molecular weight is 219 g/mol. The maximum atomic E-state index is 10.6. The third kappa shape index (κ3) is 2.89. The molecule has 0 saturated carbocycles. The van der Waals surface area contributed by atoms with Crippen molar-refractivity contribution in [1.82, 2.24) is 0 Å². The summed E-state index contributed by atoms with van der Waals surface area (Å²) in [7, 11) is 0. The van der Waals surface area contributed by atoms with E-state index in [-0.39, 0.29) is 18.7 Å². The molecule has 1 aliphatic heterocycles. The van der Waals surface area contributed by atoms with Crippen LogP contribution in [0, 0.1) is 0 Å². The monoisotopic (exact) mass is 218 g/mol. The molecule has 0 spiro atoms. The highest BCUT2D eigenvalue weighted by atomic mass is 79.9. The van der Waals surface area contributed by atoms with Crippen LogP contribution in [0.5, 0.6) is 0 Å². The van der Waals surface area contributed by atoms with Gasteiger partial charge in [-0.3, -0.25) is 0 Å². The Labute approximate surface area is 72.8 Å². The van der Waals surface area contributed by atoms with E-state index in [4.69, 9.17) is 9.47 Å². The van der Waals surface area contributed by atoms with Crippen molar-refractivity contribution in [3.05, 3.63) is 16.8 Å². The van der Waals surface area contributed by atoms with Crippen LogP contribution in [0.4, 0.5) is 0 Å². The van der Waals surface area contributed by atoms with Gasteiger partial charge in [-0.1, -0.05) is 15.9 Å². The number of hydrogen-bond acceptors (Lipinski definition) is 3. The van der Waals surface area contributed by atoms with E-state index in [9.17, 15) is 4.79 Å². The topological polar surface area (TPSA) is 35.5 Å². The first-order chi connectivity index (χ1) is 5.33. The lowest BCUT2D eigenvalue weighted by Crippen LogP contribution is -2.30. The lowest BCUT2D eigenvalue weighted by Gasteiger charge is -2.18. The fraction of sp³-hybridized carbons (Fsp3) is 0.429. The molecule has 1 aliphatic rings. The molecule has 0 aromatic heterocycles. The Bertz CT molecular complexity index is 206. The van der Waals surface area contributed by atoms with Crippen LogP contribution in [0.3, 0.4) is 0 Å². The number of halogens is 1. The predicted octanol–water partition coefficient (Wildman–Crippen LogP) is 0.992. The van der Waals surface area contributed by atoms with Gasteiger partial charge in [0, 0.05) is 11.1 Å². The van der Waals surface area contributed by atoms with E-state index in [0.717, 1.165) is 0 Å². The molecule has 11 heavy (non-hydrogen) atoms. The fourth-order valence-corrected chi connectivity index (χ4v) is 0.874. The smallest absolute Gasteiger partial charge is 0.332 e. The van der Waals surface area contributed by atoms with E-state index in [2.05, 4.69) is 21.7 Å². The minimum absolute atomic E-state index is 0.0579. The van der Waals surface area contributed by atoms with Gasteiger partial charge in [-0.05, 0) is 0 Å². The molecule has 1 heterocycles. The third-order valence-electron chi connectivity index (χ3n) is 1.13. The Hall–Kier alpha value is -0.570. The molecule has 60 valence electrons. The molecule has 1 fully saturated rings. The van der Waals surface area contributed by atoms with E-state index in [1.807, 2.05) is 0 Å². The minimum atomic E-state index is -0.325. The summed E-state index contributed by atoms with van der Waals surface area (Å²) in [5, 5.41) is 0. The first-order valence-electron chi connectivity index (χ1n) is 3.11. The highest BCUT2D eigenvalue weighted by molar-refractivity contribution is 9.11. The lowest BCUT2D eigenvalue weighted by atomic mass is 10.3. The van der Waals surface area contributed by atoms with Gasteiger partial charge in [-0.15, -0.1) is 5.73 Å². The van der Waals surface area contributed by atoms with Crippen molar-refractivity contribution >= 4 is 21.9 Å². The second-order valence-corrected chi connectivity index (χ2v) is 2.44. The molecule has 1 saturated heterocycles. The summed E-state index contributed by atoms with van der Waals surface area (Å²) >= 11 is 3.04. The first kappa shape index (κ1) is 8.53. The van der Waals surface area contributed by atoms with Gasteiger partial charge in [0.15, 0.2) is 6.10 Å². The number of carbonyl (C=O) groups is 1.